The van der Waals surface area contributed by atoms with Crippen LogP contribution in [0.25, 0.3) is 5.65 Å². The van der Waals surface area contributed by atoms with Crippen LogP contribution in [0.2, 0.25) is 10.0 Å². The molecule has 0 bridgehead atoms. The number of benzene rings is 1. The number of alkyl halides is 3. The lowest BCUT2D eigenvalue weighted by atomic mass is 10.2. The topological polar surface area (TPSA) is 39.4 Å². The highest BCUT2D eigenvalue weighted by atomic mass is 35.5. The van der Waals surface area contributed by atoms with Gasteiger partial charge in [-0.25, -0.2) is 0 Å². The molecule has 2 heterocycles. The smallest absolute Gasteiger partial charge is 0.406 e. The van der Waals surface area contributed by atoms with E-state index < -0.39 is 6.36 Å². The van der Waals surface area contributed by atoms with E-state index in [0.717, 1.165) is 5.56 Å². The lowest BCUT2D eigenvalue weighted by molar-refractivity contribution is -0.274. The molecule has 2 aromatic heterocycles. The summed E-state index contributed by atoms with van der Waals surface area (Å²) in [6.45, 7) is 0. The first-order valence-corrected chi connectivity index (χ1v) is 8.23. The lowest BCUT2D eigenvalue weighted by Gasteiger charge is -2.09. The zero-order valence-corrected chi connectivity index (χ0v) is 14.0. The van der Waals surface area contributed by atoms with Crippen LogP contribution in [0, 0.1) is 0 Å². The molecule has 0 fully saturated rings. The van der Waals surface area contributed by atoms with Crippen molar-refractivity contribution in [1.82, 2.24) is 14.6 Å². The van der Waals surface area contributed by atoms with Crippen molar-refractivity contribution in [3.05, 3.63) is 52.1 Å². The van der Waals surface area contributed by atoms with Gasteiger partial charge in [0, 0.05) is 11.9 Å². The molecule has 0 N–H and O–H groups in total. The molecule has 1 aromatic carbocycles. The fourth-order valence-corrected chi connectivity index (χ4v) is 3.31. The Kier molecular flexibility index (Phi) is 4.80. The molecule has 0 saturated carbocycles. The maximum Gasteiger partial charge on any atom is 0.573 e. The lowest BCUT2D eigenvalue weighted by Crippen LogP contribution is -2.16. The number of thioether (sulfide) groups is 1. The molecule has 10 heteroatoms. The monoisotopic (exact) mass is 393 g/mol. The van der Waals surface area contributed by atoms with Crippen molar-refractivity contribution < 1.29 is 17.9 Å². The van der Waals surface area contributed by atoms with E-state index in [1.165, 1.54) is 23.9 Å². The van der Waals surface area contributed by atoms with Crippen LogP contribution < -0.4 is 4.74 Å². The highest BCUT2D eigenvalue weighted by Crippen LogP contribution is 2.28. The molecule has 0 radical (unpaired) electrons. The van der Waals surface area contributed by atoms with Crippen molar-refractivity contribution in [3.63, 3.8) is 0 Å². The Hall–Kier alpha value is -1.64. The van der Waals surface area contributed by atoms with Gasteiger partial charge >= 0.3 is 6.36 Å². The molecular weight excluding hydrogens is 386 g/mol. The van der Waals surface area contributed by atoms with Crippen molar-refractivity contribution in [2.24, 2.45) is 0 Å². The van der Waals surface area contributed by atoms with Crippen molar-refractivity contribution in [1.29, 1.82) is 0 Å². The SMILES string of the molecule is FC(F)(F)Oc1ccc(CSc2nnc3c(Cl)cc(Cl)cn23)cc1. The van der Waals surface area contributed by atoms with Gasteiger partial charge in [-0.2, -0.15) is 0 Å². The second-order valence-electron chi connectivity index (χ2n) is 4.66. The third-order valence-electron chi connectivity index (χ3n) is 2.92. The Morgan fingerprint density at radius 3 is 2.50 bits per heavy atom. The Morgan fingerprint density at radius 1 is 1.12 bits per heavy atom. The summed E-state index contributed by atoms with van der Waals surface area (Å²) in [5.74, 6) is 0.222. The standard InChI is InChI=1S/C14H8Cl2F3N3OS/c15-9-5-11(16)12-20-21-13(22(12)6-9)24-7-8-1-3-10(4-2-8)23-14(17,18)19/h1-6H,7H2. The molecule has 0 unspecified atom stereocenters. The van der Waals surface area contributed by atoms with E-state index in [-0.39, 0.29) is 5.75 Å². The zero-order chi connectivity index (χ0) is 17.3. The van der Waals surface area contributed by atoms with Crippen molar-refractivity contribution in [3.8, 4) is 5.75 Å². The minimum Gasteiger partial charge on any atom is -0.406 e. The van der Waals surface area contributed by atoms with E-state index in [1.54, 1.807) is 28.8 Å². The molecule has 0 aliphatic carbocycles. The van der Waals surface area contributed by atoms with E-state index in [4.69, 9.17) is 23.2 Å². The number of nitrogens with zero attached hydrogens (tertiary/aromatic N) is 3. The van der Waals surface area contributed by atoms with Gasteiger partial charge in [0.15, 0.2) is 10.8 Å². The quantitative estimate of drug-likeness (QED) is 0.569. The van der Waals surface area contributed by atoms with Gasteiger partial charge in [0.2, 0.25) is 0 Å². The molecule has 4 nitrogen and oxygen atoms in total. The van der Waals surface area contributed by atoms with Crippen LogP contribution in [-0.2, 0) is 5.75 Å². The summed E-state index contributed by atoms with van der Waals surface area (Å²) < 4.78 is 41.9. The fourth-order valence-electron chi connectivity index (χ4n) is 1.94. The first-order chi connectivity index (χ1) is 11.3. The first-order valence-electron chi connectivity index (χ1n) is 6.49. The summed E-state index contributed by atoms with van der Waals surface area (Å²) in [5.41, 5.74) is 1.29. The van der Waals surface area contributed by atoms with Crippen molar-refractivity contribution in [2.75, 3.05) is 0 Å². The number of hydrogen-bond acceptors (Lipinski definition) is 4. The van der Waals surface area contributed by atoms with E-state index in [9.17, 15) is 13.2 Å². The molecular formula is C14H8Cl2F3N3OS. The molecule has 0 amide bonds. The Morgan fingerprint density at radius 2 is 1.83 bits per heavy atom. The second-order valence-corrected chi connectivity index (χ2v) is 6.45. The summed E-state index contributed by atoms with van der Waals surface area (Å²) in [6.07, 6.45) is -3.05. The van der Waals surface area contributed by atoms with Gasteiger partial charge < -0.3 is 4.74 Å². The average Bonchev–Trinajstić information content (AvgIpc) is 2.88. The van der Waals surface area contributed by atoms with Gasteiger partial charge in [-0.05, 0) is 23.8 Å². The predicted molar refractivity (Wildman–Crippen MR) is 85.7 cm³/mol. The zero-order valence-electron chi connectivity index (χ0n) is 11.7. The molecule has 0 aliphatic rings. The van der Waals surface area contributed by atoms with Gasteiger partial charge in [-0.1, -0.05) is 47.1 Å². The second kappa shape index (κ2) is 6.70. The molecule has 0 aliphatic heterocycles. The maximum atomic E-state index is 12.1. The highest BCUT2D eigenvalue weighted by Gasteiger charge is 2.30. The van der Waals surface area contributed by atoms with E-state index in [1.807, 2.05) is 0 Å². The Labute approximate surface area is 148 Å². The Balaban J connectivity index is 1.72. The normalized spacial score (nSPS) is 11.9. The molecule has 0 atom stereocenters. The summed E-state index contributed by atoms with van der Waals surface area (Å²) in [6, 6.07) is 7.20. The Bertz CT molecular complexity index is 868. The van der Waals surface area contributed by atoms with E-state index >= 15 is 0 Å². The number of halogens is 5. The van der Waals surface area contributed by atoms with E-state index in [2.05, 4.69) is 14.9 Å². The largest absolute Gasteiger partial charge is 0.573 e. The van der Waals surface area contributed by atoms with Gasteiger partial charge in [0.1, 0.15) is 5.75 Å². The predicted octanol–water partition coefficient (Wildman–Crippen LogP) is 5.23. The van der Waals surface area contributed by atoms with Crippen LogP contribution in [0.5, 0.6) is 5.75 Å². The number of aromatic nitrogens is 3. The number of hydrogen-bond donors (Lipinski definition) is 0. The van der Waals surface area contributed by atoms with Crippen LogP contribution in [0.1, 0.15) is 5.56 Å². The van der Waals surface area contributed by atoms with Crippen molar-refractivity contribution in [2.45, 2.75) is 17.3 Å². The number of fused-ring (bicyclic) bond motifs is 1. The molecule has 0 saturated heterocycles. The van der Waals surface area contributed by atoms with Crippen LogP contribution >= 0.6 is 35.0 Å². The summed E-state index contributed by atoms with van der Waals surface area (Å²) in [5, 5.41) is 9.43. The third kappa shape index (κ3) is 4.06. The molecule has 24 heavy (non-hydrogen) atoms. The summed E-state index contributed by atoms with van der Waals surface area (Å²) >= 11 is 13.4. The van der Waals surface area contributed by atoms with Gasteiger partial charge in [-0.3, -0.25) is 4.40 Å². The van der Waals surface area contributed by atoms with E-state index in [0.29, 0.717) is 26.6 Å². The van der Waals surface area contributed by atoms with Crippen molar-refractivity contribution >= 4 is 40.6 Å². The molecule has 0 spiro atoms. The van der Waals surface area contributed by atoms with Gasteiger partial charge in [0.05, 0.1) is 10.0 Å². The van der Waals surface area contributed by atoms with Gasteiger partial charge in [-0.15, -0.1) is 23.4 Å². The molecule has 3 rings (SSSR count). The van der Waals surface area contributed by atoms with Crippen LogP contribution in [-0.4, -0.2) is 21.0 Å². The summed E-state index contributed by atoms with van der Waals surface area (Å²) in [4.78, 5) is 0. The number of pyridine rings is 1. The van der Waals surface area contributed by atoms with Crippen LogP contribution in [0.15, 0.2) is 41.7 Å². The third-order valence-corrected chi connectivity index (χ3v) is 4.42. The minimum absolute atomic E-state index is 0.261. The fraction of sp³-hybridized carbons (Fsp3) is 0.143. The van der Waals surface area contributed by atoms with Gasteiger partial charge in [0.25, 0.3) is 0 Å². The molecule has 3 aromatic rings. The average molecular weight is 394 g/mol. The minimum atomic E-state index is -4.70. The maximum absolute atomic E-state index is 12.1. The first kappa shape index (κ1) is 17.2. The van der Waals surface area contributed by atoms with Crippen LogP contribution in [0.3, 0.4) is 0 Å². The molecule has 126 valence electrons. The number of rotatable bonds is 4. The highest BCUT2D eigenvalue weighted by molar-refractivity contribution is 7.98. The number of ether oxygens (including phenoxy) is 1. The summed E-state index contributed by atoms with van der Waals surface area (Å²) in [7, 11) is 0. The van der Waals surface area contributed by atoms with Crippen LogP contribution in [0.4, 0.5) is 13.2 Å².